The standard InChI is InChI=1S/C13H18ClFN2.ClH/c14-11-5-4-10(13(15)7-11)9-17-6-2-1-3-12(17)8-16;/h4-5,7,12H,1-3,6,8-9,16H2;1H. The molecule has 102 valence electrons. The Morgan fingerprint density at radius 1 is 1.39 bits per heavy atom. The summed E-state index contributed by atoms with van der Waals surface area (Å²) in [4.78, 5) is 2.27. The monoisotopic (exact) mass is 292 g/mol. The number of likely N-dealkylation sites (tertiary alicyclic amines) is 1. The second-order valence-corrected chi connectivity index (χ2v) is 5.03. The highest BCUT2D eigenvalue weighted by Crippen LogP contribution is 2.21. The van der Waals surface area contributed by atoms with Gasteiger partial charge in [0.2, 0.25) is 0 Å². The van der Waals surface area contributed by atoms with E-state index in [0.29, 0.717) is 29.7 Å². The molecule has 2 nitrogen and oxygen atoms in total. The lowest BCUT2D eigenvalue weighted by molar-refractivity contribution is 0.143. The van der Waals surface area contributed by atoms with E-state index in [4.69, 9.17) is 17.3 Å². The van der Waals surface area contributed by atoms with Crippen molar-refractivity contribution in [1.82, 2.24) is 4.90 Å². The highest BCUT2D eigenvalue weighted by Gasteiger charge is 2.21. The Morgan fingerprint density at radius 3 is 2.83 bits per heavy atom. The molecule has 0 bridgehead atoms. The van der Waals surface area contributed by atoms with E-state index < -0.39 is 0 Å². The normalized spacial score (nSPS) is 20.5. The Balaban J connectivity index is 0.00000162. The molecule has 1 saturated heterocycles. The fraction of sp³-hybridized carbons (Fsp3) is 0.538. The zero-order valence-corrected chi connectivity index (χ0v) is 11.8. The van der Waals surface area contributed by atoms with Crippen LogP contribution in [0.25, 0.3) is 0 Å². The van der Waals surface area contributed by atoms with E-state index in [9.17, 15) is 4.39 Å². The molecule has 2 N–H and O–H groups in total. The third-order valence-electron chi connectivity index (χ3n) is 3.41. The molecule has 0 radical (unpaired) electrons. The summed E-state index contributed by atoms with van der Waals surface area (Å²) in [5.41, 5.74) is 6.46. The van der Waals surface area contributed by atoms with E-state index in [1.54, 1.807) is 12.1 Å². The average molecular weight is 293 g/mol. The fourth-order valence-electron chi connectivity index (χ4n) is 2.40. The first-order chi connectivity index (χ1) is 8.20. The molecule has 1 unspecified atom stereocenters. The van der Waals surface area contributed by atoms with Crippen LogP contribution < -0.4 is 5.73 Å². The lowest BCUT2D eigenvalue weighted by Gasteiger charge is -2.35. The van der Waals surface area contributed by atoms with Crippen molar-refractivity contribution in [3.63, 3.8) is 0 Å². The fourth-order valence-corrected chi connectivity index (χ4v) is 2.56. The zero-order valence-electron chi connectivity index (χ0n) is 10.2. The SMILES string of the molecule is Cl.NCC1CCCCN1Cc1ccc(Cl)cc1F. The number of nitrogens with zero attached hydrogens (tertiary/aromatic N) is 1. The first-order valence-electron chi connectivity index (χ1n) is 6.08. The Morgan fingerprint density at radius 2 is 2.17 bits per heavy atom. The predicted molar refractivity (Wildman–Crippen MR) is 75.8 cm³/mol. The van der Waals surface area contributed by atoms with Crippen molar-refractivity contribution in [3.05, 3.63) is 34.6 Å². The Bertz CT molecular complexity index is 387. The molecule has 1 aliphatic rings. The van der Waals surface area contributed by atoms with Crippen molar-refractivity contribution in [1.29, 1.82) is 0 Å². The highest BCUT2D eigenvalue weighted by atomic mass is 35.5. The van der Waals surface area contributed by atoms with Gasteiger partial charge in [0.15, 0.2) is 0 Å². The molecule has 1 aromatic rings. The average Bonchev–Trinajstić information content (AvgIpc) is 2.33. The van der Waals surface area contributed by atoms with Gasteiger partial charge in [0.05, 0.1) is 0 Å². The third-order valence-corrected chi connectivity index (χ3v) is 3.64. The summed E-state index contributed by atoms with van der Waals surface area (Å²) in [6.07, 6.45) is 3.51. The molecule has 1 aromatic carbocycles. The zero-order chi connectivity index (χ0) is 12.3. The van der Waals surface area contributed by atoms with E-state index in [1.807, 2.05) is 0 Å². The van der Waals surface area contributed by atoms with E-state index in [2.05, 4.69) is 4.90 Å². The van der Waals surface area contributed by atoms with Gasteiger partial charge in [-0.25, -0.2) is 4.39 Å². The molecular weight excluding hydrogens is 274 g/mol. The van der Waals surface area contributed by atoms with Crippen LogP contribution in [0, 0.1) is 5.82 Å². The van der Waals surface area contributed by atoms with E-state index >= 15 is 0 Å². The van der Waals surface area contributed by atoms with Gasteiger partial charge in [0.25, 0.3) is 0 Å². The van der Waals surface area contributed by atoms with Crippen molar-refractivity contribution >= 4 is 24.0 Å². The van der Waals surface area contributed by atoms with Gasteiger partial charge in [0, 0.05) is 29.7 Å². The van der Waals surface area contributed by atoms with Crippen molar-refractivity contribution in [2.75, 3.05) is 13.1 Å². The summed E-state index contributed by atoms with van der Waals surface area (Å²) in [7, 11) is 0. The Kier molecular flexibility index (Phi) is 6.36. The Labute approximate surface area is 119 Å². The quantitative estimate of drug-likeness (QED) is 0.927. The molecule has 1 atom stereocenters. The summed E-state index contributed by atoms with van der Waals surface area (Å²) in [5.74, 6) is -0.223. The minimum atomic E-state index is -0.223. The summed E-state index contributed by atoms with van der Waals surface area (Å²) >= 11 is 5.74. The van der Waals surface area contributed by atoms with Crippen molar-refractivity contribution in [2.24, 2.45) is 5.73 Å². The van der Waals surface area contributed by atoms with Crippen LogP contribution in [-0.4, -0.2) is 24.0 Å². The molecule has 0 saturated carbocycles. The van der Waals surface area contributed by atoms with Gasteiger partial charge in [-0.3, -0.25) is 4.90 Å². The maximum atomic E-state index is 13.7. The van der Waals surface area contributed by atoms with Crippen LogP contribution in [0.4, 0.5) is 4.39 Å². The number of nitrogens with two attached hydrogens (primary N) is 1. The lowest BCUT2D eigenvalue weighted by Crippen LogP contribution is -2.43. The maximum Gasteiger partial charge on any atom is 0.129 e. The smallest absolute Gasteiger partial charge is 0.129 e. The number of benzene rings is 1. The van der Waals surface area contributed by atoms with Gasteiger partial charge in [-0.2, -0.15) is 0 Å². The van der Waals surface area contributed by atoms with Crippen LogP contribution in [0.15, 0.2) is 18.2 Å². The van der Waals surface area contributed by atoms with E-state index in [0.717, 1.165) is 13.0 Å². The number of hydrogen-bond acceptors (Lipinski definition) is 2. The lowest BCUT2D eigenvalue weighted by atomic mass is 10.0. The minimum absolute atomic E-state index is 0. The van der Waals surface area contributed by atoms with E-state index in [1.165, 1.54) is 18.9 Å². The minimum Gasteiger partial charge on any atom is -0.329 e. The van der Waals surface area contributed by atoms with Crippen molar-refractivity contribution in [2.45, 2.75) is 31.8 Å². The topological polar surface area (TPSA) is 29.3 Å². The Hall–Kier alpha value is -0.350. The van der Waals surface area contributed by atoms with Crippen LogP contribution in [0.1, 0.15) is 24.8 Å². The van der Waals surface area contributed by atoms with Gasteiger partial charge in [-0.1, -0.05) is 24.1 Å². The number of halogens is 3. The first kappa shape index (κ1) is 15.7. The van der Waals surface area contributed by atoms with Gasteiger partial charge >= 0.3 is 0 Å². The molecule has 5 heteroatoms. The summed E-state index contributed by atoms with van der Waals surface area (Å²) < 4.78 is 13.7. The molecular formula is C13H19Cl2FN2. The van der Waals surface area contributed by atoms with Gasteiger partial charge in [0.1, 0.15) is 5.82 Å². The number of piperidine rings is 1. The van der Waals surface area contributed by atoms with Crippen LogP contribution in [0.5, 0.6) is 0 Å². The molecule has 0 aliphatic carbocycles. The number of hydrogen-bond donors (Lipinski definition) is 1. The molecule has 0 spiro atoms. The van der Waals surface area contributed by atoms with E-state index in [-0.39, 0.29) is 18.2 Å². The summed E-state index contributed by atoms with van der Waals surface area (Å²) in [6.45, 7) is 2.28. The van der Waals surface area contributed by atoms with Crippen LogP contribution in [0.3, 0.4) is 0 Å². The summed E-state index contributed by atoms with van der Waals surface area (Å²) in [6, 6.07) is 5.26. The largest absolute Gasteiger partial charge is 0.329 e. The first-order valence-corrected chi connectivity index (χ1v) is 6.46. The van der Waals surface area contributed by atoms with Crippen LogP contribution >= 0.6 is 24.0 Å². The van der Waals surface area contributed by atoms with Gasteiger partial charge < -0.3 is 5.73 Å². The molecule has 18 heavy (non-hydrogen) atoms. The summed E-state index contributed by atoms with van der Waals surface area (Å²) in [5, 5.41) is 0.445. The van der Waals surface area contributed by atoms with Crippen LogP contribution in [0.2, 0.25) is 5.02 Å². The van der Waals surface area contributed by atoms with Crippen molar-refractivity contribution < 1.29 is 4.39 Å². The number of rotatable bonds is 3. The molecule has 0 amide bonds. The molecule has 0 aromatic heterocycles. The maximum absolute atomic E-state index is 13.7. The van der Waals surface area contributed by atoms with Gasteiger partial charge in [-0.05, 0) is 31.5 Å². The molecule has 2 rings (SSSR count). The third kappa shape index (κ3) is 3.82. The molecule has 1 fully saturated rings. The second-order valence-electron chi connectivity index (χ2n) is 4.59. The highest BCUT2D eigenvalue weighted by molar-refractivity contribution is 6.30. The van der Waals surface area contributed by atoms with Crippen LogP contribution in [-0.2, 0) is 6.54 Å². The second kappa shape index (κ2) is 7.29. The van der Waals surface area contributed by atoms with Crippen molar-refractivity contribution in [3.8, 4) is 0 Å². The predicted octanol–water partition coefficient (Wildman–Crippen LogP) is 3.21. The van der Waals surface area contributed by atoms with Gasteiger partial charge in [-0.15, -0.1) is 12.4 Å². The molecule has 1 heterocycles. The molecule has 1 aliphatic heterocycles.